The van der Waals surface area contributed by atoms with Gasteiger partial charge in [-0.1, -0.05) is 31.4 Å². The van der Waals surface area contributed by atoms with Crippen molar-refractivity contribution >= 4 is 23.3 Å². The van der Waals surface area contributed by atoms with Gasteiger partial charge < -0.3 is 20.9 Å². The maximum atomic E-state index is 12.7. The van der Waals surface area contributed by atoms with Crippen LogP contribution in [0.2, 0.25) is 0 Å². The van der Waals surface area contributed by atoms with Gasteiger partial charge in [-0.2, -0.15) is 0 Å². The molecular formula is C26H26N2O4. The molecule has 6 heteroatoms. The first-order valence-electron chi connectivity index (χ1n) is 10.8. The average molecular weight is 431 g/mol. The minimum atomic E-state index is -0.489. The lowest BCUT2D eigenvalue weighted by atomic mass is 9.83. The van der Waals surface area contributed by atoms with Crippen LogP contribution in [0.4, 0.5) is 11.4 Å². The number of nitrogen functional groups attached to an aromatic ring is 2. The Hall–Kier alpha value is -3.80. The van der Waals surface area contributed by atoms with E-state index >= 15 is 0 Å². The third-order valence-corrected chi connectivity index (χ3v) is 5.68. The smallest absolute Gasteiger partial charge is 0.343 e. The van der Waals surface area contributed by atoms with E-state index in [1.54, 1.807) is 60.7 Å². The zero-order chi connectivity index (χ0) is 22.5. The standard InChI is InChI=1S/C26H26N2O4/c27-20-10-4-8-18(14-20)25(29)31-22-12-13-24(23(16-22)17-6-2-1-3-7-17)32-26(30)19-9-5-11-21(28)15-19/h4-5,8-17H,1-3,6-7,27-28H2. The van der Waals surface area contributed by atoms with E-state index in [1.807, 2.05) is 6.07 Å². The Balaban J connectivity index is 1.60. The van der Waals surface area contributed by atoms with Crippen LogP contribution in [0.1, 0.15) is 64.3 Å². The first-order valence-corrected chi connectivity index (χ1v) is 10.8. The zero-order valence-electron chi connectivity index (χ0n) is 17.8. The first-order chi connectivity index (χ1) is 15.5. The predicted molar refractivity (Wildman–Crippen MR) is 124 cm³/mol. The van der Waals surface area contributed by atoms with Crippen LogP contribution in [0.25, 0.3) is 0 Å². The fourth-order valence-corrected chi connectivity index (χ4v) is 4.07. The van der Waals surface area contributed by atoms with E-state index in [1.165, 1.54) is 6.42 Å². The van der Waals surface area contributed by atoms with Crippen molar-refractivity contribution in [1.29, 1.82) is 0 Å². The summed E-state index contributed by atoms with van der Waals surface area (Å²) in [5.41, 5.74) is 14.2. The number of rotatable bonds is 5. The van der Waals surface area contributed by atoms with Crippen LogP contribution < -0.4 is 20.9 Å². The molecular weight excluding hydrogens is 404 g/mol. The fourth-order valence-electron chi connectivity index (χ4n) is 4.07. The van der Waals surface area contributed by atoms with Crippen LogP contribution in [0.15, 0.2) is 66.7 Å². The highest BCUT2D eigenvalue weighted by Gasteiger charge is 2.23. The predicted octanol–water partition coefficient (Wildman–Crippen LogP) is 5.34. The molecule has 3 aromatic rings. The second-order valence-corrected chi connectivity index (χ2v) is 8.06. The van der Waals surface area contributed by atoms with Gasteiger partial charge in [0.2, 0.25) is 0 Å². The summed E-state index contributed by atoms with van der Waals surface area (Å²) in [6.07, 6.45) is 5.41. The van der Waals surface area contributed by atoms with Crippen molar-refractivity contribution in [2.45, 2.75) is 38.0 Å². The molecule has 0 bridgehead atoms. The van der Waals surface area contributed by atoms with E-state index in [0.29, 0.717) is 34.0 Å². The van der Waals surface area contributed by atoms with Gasteiger partial charge in [0.1, 0.15) is 11.5 Å². The molecule has 4 N–H and O–H groups in total. The molecule has 0 amide bonds. The summed E-state index contributed by atoms with van der Waals surface area (Å²) in [7, 11) is 0. The van der Waals surface area contributed by atoms with Gasteiger partial charge in [0.05, 0.1) is 11.1 Å². The van der Waals surface area contributed by atoms with Crippen LogP contribution in [0.5, 0.6) is 11.5 Å². The first kappa shape index (κ1) is 21.4. The quantitative estimate of drug-likeness (QED) is 0.322. The van der Waals surface area contributed by atoms with Crippen LogP contribution >= 0.6 is 0 Å². The summed E-state index contributed by atoms with van der Waals surface area (Å²) in [5.74, 6) is 0.156. The Kier molecular flexibility index (Phi) is 6.40. The molecule has 164 valence electrons. The van der Waals surface area contributed by atoms with Crippen molar-refractivity contribution in [3.63, 3.8) is 0 Å². The molecule has 0 aliphatic heterocycles. The molecule has 4 rings (SSSR count). The van der Waals surface area contributed by atoms with Crippen LogP contribution in [-0.4, -0.2) is 11.9 Å². The van der Waals surface area contributed by atoms with Crippen molar-refractivity contribution in [1.82, 2.24) is 0 Å². The van der Waals surface area contributed by atoms with Crippen LogP contribution in [0.3, 0.4) is 0 Å². The fraction of sp³-hybridized carbons (Fsp3) is 0.231. The molecule has 0 saturated heterocycles. The van der Waals surface area contributed by atoms with Gasteiger partial charge in [0.25, 0.3) is 0 Å². The molecule has 0 spiro atoms. The molecule has 0 radical (unpaired) electrons. The lowest BCUT2D eigenvalue weighted by Crippen LogP contribution is -2.14. The summed E-state index contributed by atoms with van der Waals surface area (Å²) in [4.78, 5) is 25.3. The summed E-state index contributed by atoms with van der Waals surface area (Å²) in [6.45, 7) is 0. The number of anilines is 2. The Morgan fingerprint density at radius 1 is 0.719 bits per heavy atom. The van der Waals surface area contributed by atoms with Crippen LogP contribution in [0, 0.1) is 0 Å². The molecule has 0 aromatic heterocycles. The van der Waals surface area contributed by atoms with Crippen LogP contribution in [-0.2, 0) is 0 Å². The minimum Gasteiger partial charge on any atom is -0.423 e. The molecule has 1 saturated carbocycles. The summed E-state index contributed by atoms with van der Waals surface area (Å²) in [5, 5.41) is 0. The summed E-state index contributed by atoms with van der Waals surface area (Å²) >= 11 is 0. The van der Waals surface area contributed by atoms with Crippen molar-refractivity contribution in [3.8, 4) is 11.5 Å². The number of carbonyl (C=O) groups is 2. The summed E-state index contributed by atoms with van der Waals surface area (Å²) < 4.78 is 11.3. The van der Waals surface area contributed by atoms with E-state index in [9.17, 15) is 9.59 Å². The van der Waals surface area contributed by atoms with Gasteiger partial charge in [0, 0.05) is 16.9 Å². The lowest BCUT2D eigenvalue weighted by Gasteiger charge is -2.24. The number of nitrogens with two attached hydrogens (primary N) is 2. The highest BCUT2D eigenvalue weighted by molar-refractivity contribution is 5.93. The topological polar surface area (TPSA) is 105 Å². The van der Waals surface area contributed by atoms with Gasteiger partial charge >= 0.3 is 11.9 Å². The molecule has 0 heterocycles. The van der Waals surface area contributed by atoms with E-state index in [4.69, 9.17) is 20.9 Å². The Morgan fingerprint density at radius 3 is 1.91 bits per heavy atom. The number of esters is 2. The van der Waals surface area contributed by atoms with Crippen molar-refractivity contribution < 1.29 is 19.1 Å². The van der Waals surface area contributed by atoms with Gasteiger partial charge in [-0.15, -0.1) is 0 Å². The van der Waals surface area contributed by atoms with Crippen molar-refractivity contribution in [2.24, 2.45) is 0 Å². The van der Waals surface area contributed by atoms with Gasteiger partial charge in [-0.25, -0.2) is 9.59 Å². The normalized spacial score (nSPS) is 14.0. The number of hydrogen-bond acceptors (Lipinski definition) is 6. The Labute approximate surface area is 187 Å². The molecule has 6 nitrogen and oxygen atoms in total. The molecule has 1 aliphatic rings. The largest absolute Gasteiger partial charge is 0.423 e. The molecule has 3 aromatic carbocycles. The molecule has 0 unspecified atom stereocenters. The minimum absolute atomic E-state index is 0.235. The maximum absolute atomic E-state index is 12.7. The number of carbonyl (C=O) groups excluding carboxylic acids is 2. The monoisotopic (exact) mass is 430 g/mol. The highest BCUT2D eigenvalue weighted by atomic mass is 16.5. The summed E-state index contributed by atoms with van der Waals surface area (Å²) in [6, 6.07) is 18.5. The third-order valence-electron chi connectivity index (χ3n) is 5.68. The molecule has 1 fully saturated rings. The maximum Gasteiger partial charge on any atom is 0.343 e. The van der Waals surface area contributed by atoms with E-state index in [-0.39, 0.29) is 5.92 Å². The van der Waals surface area contributed by atoms with Gasteiger partial charge in [0.15, 0.2) is 0 Å². The SMILES string of the molecule is Nc1cccc(C(=O)Oc2ccc(OC(=O)c3cccc(N)c3)c(C3CCCCC3)c2)c1. The van der Waals surface area contributed by atoms with Gasteiger partial charge in [-0.3, -0.25) is 0 Å². The number of hydrogen-bond donors (Lipinski definition) is 2. The average Bonchev–Trinajstić information content (AvgIpc) is 2.80. The Bertz CT molecular complexity index is 1140. The van der Waals surface area contributed by atoms with Crippen molar-refractivity contribution in [2.75, 3.05) is 11.5 Å². The number of benzene rings is 3. The van der Waals surface area contributed by atoms with E-state index in [0.717, 1.165) is 31.2 Å². The number of ether oxygens (including phenoxy) is 2. The van der Waals surface area contributed by atoms with Gasteiger partial charge in [-0.05, 0) is 73.4 Å². The lowest BCUT2D eigenvalue weighted by molar-refractivity contribution is 0.0717. The Morgan fingerprint density at radius 2 is 1.31 bits per heavy atom. The molecule has 32 heavy (non-hydrogen) atoms. The van der Waals surface area contributed by atoms with E-state index in [2.05, 4.69) is 0 Å². The third kappa shape index (κ3) is 5.09. The molecule has 0 atom stereocenters. The molecule has 1 aliphatic carbocycles. The second-order valence-electron chi connectivity index (χ2n) is 8.06. The second kappa shape index (κ2) is 9.56. The zero-order valence-corrected chi connectivity index (χ0v) is 17.8. The van der Waals surface area contributed by atoms with Crippen molar-refractivity contribution in [3.05, 3.63) is 83.4 Å². The highest BCUT2D eigenvalue weighted by Crippen LogP contribution is 2.39. The van der Waals surface area contributed by atoms with E-state index < -0.39 is 11.9 Å².